The fourth-order valence-electron chi connectivity index (χ4n) is 5.13. The first-order valence-corrected chi connectivity index (χ1v) is 16.9. The number of aliphatic hydroxyl groups is 2. The van der Waals surface area contributed by atoms with Crippen LogP contribution in [0.1, 0.15) is 27.9 Å². The van der Waals surface area contributed by atoms with Gasteiger partial charge in [0.15, 0.2) is 0 Å². The Kier molecular flexibility index (Phi) is 13.0. The van der Waals surface area contributed by atoms with E-state index in [1.807, 2.05) is 11.0 Å². The number of rotatable bonds is 15. The van der Waals surface area contributed by atoms with Gasteiger partial charge in [0.1, 0.15) is 11.0 Å². The van der Waals surface area contributed by atoms with Gasteiger partial charge in [-0.2, -0.15) is 17.5 Å². The Bertz CT molecular complexity index is 1580. The van der Waals surface area contributed by atoms with E-state index in [0.29, 0.717) is 30.9 Å². The number of amides is 1. The van der Waals surface area contributed by atoms with Gasteiger partial charge in [0, 0.05) is 57.1 Å². The van der Waals surface area contributed by atoms with Crippen molar-refractivity contribution in [2.45, 2.75) is 24.0 Å². The molecule has 2 aromatic carbocycles. The smallest absolute Gasteiger partial charge is 0.395 e. The number of benzene rings is 2. The van der Waals surface area contributed by atoms with Gasteiger partial charge < -0.3 is 25.7 Å². The topological polar surface area (TPSA) is 138 Å². The molecular weight excluding hydrogens is 661 g/mol. The second-order valence-corrected chi connectivity index (χ2v) is 13.2. The standard InChI is InChI=1S/C31H38ClF3N6O5S/c32-28-20-25(31(33,34)35)21-29(38-28)40-11-13-41(14-12-40)47(45,46)27-7-5-26(6-8-27)37-30(44)24-4-1-3-23(19-24)22-36-9-2-10-39(15-17-42)16-18-43/h1,3-8,19-21,36,42-43H,2,9-18,22H2,(H,37,44). The van der Waals surface area contributed by atoms with Gasteiger partial charge in [-0.05, 0) is 73.6 Å². The Morgan fingerprint density at radius 2 is 1.64 bits per heavy atom. The van der Waals surface area contributed by atoms with E-state index in [-0.39, 0.29) is 61.2 Å². The van der Waals surface area contributed by atoms with E-state index in [9.17, 15) is 26.4 Å². The summed E-state index contributed by atoms with van der Waals surface area (Å²) in [4.78, 5) is 20.5. The van der Waals surface area contributed by atoms with Crippen molar-refractivity contribution in [1.29, 1.82) is 0 Å². The summed E-state index contributed by atoms with van der Waals surface area (Å²) in [6.07, 6.45) is -3.76. The number of piperazine rings is 1. The third-order valence-corrected chi connectivity index (χ3v) is 9.71. The molecule has 4 rings (SSSR count). The zero-order valence-electron chi connectivity index (χ0n) is 25.6. The number of carbonyl (C=O) groups is 1. The lowest BCUT2D eigenvalue weighted by Crippen LogP contribution is -2.49. The highest BCUT2D eigenvalue weighted by Crippen LogP contribution is 2.33. The minimum Gasteiger partial charge on any atom is -0.395 e. The van der Waals surface area contributed by atoms with Crippen molar-refractivity contribution in [1.82, 2.24) is 19.5 Å². The van der Waals surface area contributed by atoms with Gasteiger partial charge >= 0.3 is 6.18 Å². The number of aliphatic hydroxyl groups excluding tert-OH is 2. The highest BCUT2D eigenvalue weighted by molar-refractivity contribution is 7.89. The first-order valence-electron chi connectivity index (χ1n) is 15.1. The van der Waals surface area contributed by atoms with Crippen molar-refractivity contribution in [3.63, 3.8) is 0 Å². The Labute approximate surface area is 277 Å². The summed E-state index contributed by atoms with van der Waals surface area (Å²) in [5, 5.41) is 24.0. The highest BCUT2D eigenvalue weighted by Gasteiger charge is 2.33. The molecule has 0 aliphatic carbocycles. The van der Waals surface area contributed by atoms with Gasteiger partial charge in [-0.3, -0.25) is 9.69 Å². The van der Waals surface area contributed by atoms with Gasteiger partial charge in [-0.1, -0.05) is 23.7 Å². The molecule has 1 saturated heterocycles. The van der Waals surface area contributed by atoms with E-state index >= 15 is 0 Å². The zero-order chi connectivity index (χ0) is 34.0. The molecule has 256 valence electrons. The number of sulfonamides is 1. The molecule has 16 heteroatoms. The fourth-order valence-corrected chi connectivity index (χ4v) is 6.76. The molecule has 11 nitrogen and oxygen atoms in total. The normalized spacial score (nSPS) is 14.5. The molecule has 0 spiro atoms. The fraction of sp³-hybridized carbons (Fsp3) is 0.419. The number of anilines is 2. The quantitative estimate of drug-likeness (QED) is 0.139. The zero-order valence-corrected chi connectivity index (χ0v) is 27.2. The van der Waals surface area contributed by atoms with Crippen molar-refractivity contribution in [3.8, 4) is 0 Å². The van der Waals surface area contributed by atoms with E-state index in [2.05, 4.69) is 15.6 Å². The lowest BCUT2D eigenvalue weighted by Gasteiger charge is -2.35. The first kappa shape index (κ1) is 36.5. The molecule has 1 fully saturated rings. The maximum Gasteiger partial charge on any atom is 0.416 e. The average Bonchev–Trinajstić information content (AvgIpc) is 3.04. The van der Waals surface area contributed by atoms with Gasteiger partial charge in [0.25, 0.3) is 5.91 Å². The lowest BCUT2D eigenvalue weighted by atomic mass is 10.1. The number of nitrogens with zero attached hydrogens (tertiary/aromatic N) is 4. The van der Waals surface area contributed by atoms with E-state index in [0.717, 1.165) is 37.2 Å². The molecule has 0 saturated carbocycles. The summed E-state index contributed by atoms with van der Waals surface area (Å²) in [6.45, 7) is 3.42. The molecule has 1 aromatic heterocycles. The lowest BCUT2D eigenvalue weighted by molar-refractivity contribution is -0.137. The molecule has 2 heterocycles. The van der Waals surface area contributed by atoms with Gasteiger partial charge in [-0.25, -0.2) is 13.4 Å². The maximum absolute atomic E-state index is 13.3. The van der Waals surface area contributed by atoms with Crippen molar-refractivity contribution in [2.24, 2.45) is 0 Å². The molecule has 0 atom stereocenters. The van der Waals surface area contributed by atoms with Gasteiger partial charge in [0.05, 0.1) is 23.7 Å². The van der Waals surface area contributed by atoms with E-state index < -0.39 is 21.8 Å². The largest absolute Gasteiger partial charge is 0.416 e. The Morgan fingerprint density at radius 1 is 0.957 bits per heavy atom. The van der Waals surface area contributed by atoms with Crippen LogP contribution in [0.3, 0.4) is 0 Å². The molecule has 0 unspecified atom stereocenters. The summed E-state index contributed by atoms with van der Waals surface area (Å²) >= 11 is 5.81. The minimum absolute atomic E-state index is 0.0214. The summed E-state index contributed by atoms with van der Waals surface area (Å²) in [5.74, 6) is -0.328. The number of halogens is 4. The number of alkyl halides is 3. The Balaban J connectivity index is 1.28. The maximum atomic E-state index is 13.3. The summed E-state index contributed by atoms with van der Waals surface area (Å²) < 4.78 is 67.5. The van der Waals surface area contributed by atoms with Crippen LogP contribution in [-0.2, 0) is 22.7 Å². The molecule has 0 radical (unpaired) electrons. The first-order chi connectivity index (χ1) is 22.4. The van der Waals surface area contributed by atoms with Crippen molar-refractivity contribution in [3.05, 3.63) is 82.5 Å². The summed E-state index contributed by atoms with van der Waals surface area (Å²) in [5.41, 5.74) is 0.829. The van der Waals surface area contributed by atoms with Crippen molar-refractivity contribution < 1.29 is 36.6 Å². The van der Waals surface area contributed by atoms with E-state index in [1.165, 1.54) is 28.6 Å². The second kappa shape index (κ2) is 16.7. The molecule has 1 aliphatic rings. The van der Waals surface area contributed by atoms with Crippen LogP contribution in [0.4, 0.5) is 24.7 Å². The minimum atomic E-state index is -4.59. The van der Waals surface area contributed by atoms with Crippen LogP contribution in [0, 0.1) is 0 Å². The van der Waals surface area contributed by atoms with E-state index in [4.69, 9.17) is 21.8 Å². The third kappa shape index (κ3) is 10.3. The number of nitrogens with one attached hydrogen (secondary N) is 2. The monoisotopic (exact) mass is 698 g/mol. The predicted octanol–water partition coefficient (Wildman–Crippen LogP) is 3.28. The molecule has 1 amide bonds. The average molecular weight is 699 g/mol. The molecule has 3 aromatic rings. The molecular formula is C31H38ClF3N6O5S. The number of carbonyl (C=O) groups excluding carboxylic acids is 1. The summed E-state index contributed by atoms with van der Waals surface area (Å²) in [6, 6.07) is 14.6. The van der Waals surface area contributed by atoms with Crippen LogP contribution in [0.15, 0.2) is 65.6 Å². The second-order valence-electron chi connectivity index (χ2n) is 10.9. The van der Waals surface area contributed by atoms with Crippen LogP contribution in [0.5, 0.6) is 0 Å². The van der Waals surface area contributed by atoms with Crippen LogP contribution in [0.2, 0.25) is 5.15 Å². The number of hydrogen-bond donors (Lipinski definition) is 4. The summed E-state index contributed by atoms with van der Waals surface area (Å²) in [7, 11) is -3.90. The molecule has 1 aliphatic heterocycles. The highest BCUT2D eigenvalue weighted by atomic mass is 35.5. The van der Waals surface area contributed by atoms with Crippen LogP contribution in [-0.4, -0.2) is 104 Å². The molecule has 4 N–H and O–H groups in total. The van der Waals surface area contributed by atoms with Gasteiger partial charge in [0.2, 0.25) is 10.0 Å². The third-order valence-electron chi connectivity index (χ3n) is 7.60. The Morgan fingerprint density at radius 3 is 2.28 bits per heavy atom. The number of hydrogen-bond acceptors (Lipinski definition) is 9. The van der Waals surface area contributed by atoms with Crippen molar-refractivity contribution >= 4 is 39.0 Å². The molecule has 47 heavy (non-hydrogen) atoms. The van der Waals surface area contributed by atoms with Crippen LogP contribution >= 0.6 is 11.6 Å². The van der Waals surface area contributed by atoms with E-state index in [1.54, 1.807) is 23.1 Å². The number of aromatic nitrogens is 1. The van der Waals surface area contributed by atoms with Crippen molar-refractivity contribution in [2.75, 3.05) is 75.8 Å². The van der Waals surface area contributed by atoms with Gasteiger partial charge in [-0.15, -0.1) is 0 Å². The predicted molar refractivity (Wildman–Crippen MR) is 173 cm³/mol. The SMILES string of the molecule is O=C(Nc1ccc(S(=O)(=O)N2CCN(c3cc(C(F)(F)F)cc(Cl)n3)CC2)cc1)c1cccc(CNCCCN(CCO)CCO)c1. The van der Waals surface area contributed by atoms with Crippen LogP contribution < -0.4 is 15.5 Å². The Hall–Kier alpha value is -3.31. The van der Waals surface area contributed by atoms with Crippen LogP contribution in [0.25, 0.3) is 0 Å². The molecule has 0 bridgehead atoms. The number of pyridine rings is 1.